The molecule has 19 heavy (non-hydrogen) atoms. The van der Waals surface area contributed by atoms with Crippen molar-refractivity contribution in [2.75, 3.05) is 5.73 Å². The van der Waals surface area contributed by atoms with Crippen LogP contribution in [0.4, 0.5) is 5.82 Å². The third-order valence-electron chi connectivity index (χ3n) is 2.47. The molecule has 2 aromatic heterocycles. The molecule has 0 bridgehead atoms. The highest BCUT2D eigenvalue weighted by Crippen LogP contribution is 2.32. The van der Waals surface area contributed by atoms with Crippen molar-refractivity contribution in [1.82, 2.24) is 15.0 Å². The summed E-state index contributed by atoms with van der Waals surface area (Å²) in [5.74, 6) is 1.18. The van der Waals surface area contributed by atoms with Crippen LogP contribution in [-0.2, 0) is 0 Å². The third-order valence-corrected chi connectivity index (χ3v) is 4.32. The van der Waals surface area contributed by atoms with Gasteiger partial charge in [0.1, 0.15) is 11.5 Å². The van der Waals surface area contributed by atoms with E-state index >= 15 is 0 Å². The van der Waals surface area contributed by atoms with E-state index in [9.17, 15) is 0 Å². The molecule has 2 N–H and O–H groups in total. The van der Waals surface area contributed by atoms with Crippen LogP contribution in [0.3, 0.4) is 0 Å². The highest BCUT2D eigenvalue weighted by Gasteiger charge is 2.16. The zero-order valence-corrected chi connectivity index (χ0v) is 15.0. The fourth-order valence-corrected chi connectivity index (χ4v) is 3.35. The minimum absolute atomic E-state index is 0.243. The monoisotopic (exact) mass is 448 g/mol. The maximum Gasteiger partial charge on any atom is 0.181 e. The van der Waals surface area contributed by atoms with Gasteiger partial charge in [0, 0.05) is 15.1 Å². The second kappa shape index (κ2) is 5.85. The number of rotatable bonds is 2. The van der Waals surface area contributed by atoms with Crippen LogP contribution in [0.1, 0.15) is 25.5 Å². The molecule has 0 fully saturated rings. The molecule has 0 aliphatic carbocycles. The van der Waals surface area contributed by atoms with Gasteiger partial charge in [-0.3, -0.25) is 4.98 Å². The Labute approximate surface area is 136 Å². The molecule has 0 radical (unpaired) electrons. The van der Waals surface area contributed by atoms with Crippen LogP contribution in [0.5, 0.6) is 0 Å². The van der Waals surface area contributed by atoms with Gasteiger partial charge in [-0.05, 0) is 59.8 Å². The summed E-state index contributed by atoms with van der Waals surface area (Å²) in [5.41, 5.74) is 7.47. The number of halogens is 3. The Morgan fingerprint density at radius 3 is 2.42 bits per heavy atom. The molecule has 100 valence electrons. The van der Waals surface area contributed by atoms with Gasteiger partial charge in [0.05, 0.1) is 10.2 Å². The van der Waals surface area contributed by atoms with Crippen molar-refractivity contribution in [2.45, 2.75) is 19.8 Å². The van der Waals surface area contributed by atoms with Gasteiger partial charge >= 0.3 is 0 Å². The molecule has 0 spiro atoms. The summed E-state index contributed by atoms with van der Waals surface area (Å²) in [6, 6.07) is 1.90. The largest absolute Gasteiger partial charge is 0.383 e. The van der Waals surface area contributed by atoms with Crippen molar-refractivity contribution in [2.24, 2.45) is 0 Å². The second-order valence-corrected chi connectivity index (χ2v) is 6.83. The number of anilines is 1. The standard InChI is InChI=1S/C12H11Br3N4/c1-5(2)9-8(15)11(16)19-12(18-9)10-7(14)3-6(13)4-17-10/h3-5H,1-2H3,(H2,16,18,19). The zero-order chi connectivity index (χ0) is 14.2. The van der Waals surface area contributed by atoms with Crippen LogP contribution in [0.25, 0.3) is 11.5 Å². The van der Waals surface area contributed by atoms with Crippen molar-refractivity contribution >= 4 is 53.6 Å². The Hall–Kier alpha value is -0.530. The quantitative estimate of drug-likeness (QED) is 0.730. The van der Waals surface area contributed by atoms with E-state index in [1.54, 1.807) is 6.20 Å². The fraction of sp³-hybridized carbons (Fsp3) is 0.250. The number of hydrogen-bond donors (Lipinski definition) is 1. The zero-order valence-electron chi connectivity index (χ0n) is 10.3. The first kappa shape index (κ1) is 14.9. The summed E-state index contributed by atoms with van der Waals surface area (Å²) in [6.45, 7) is 4.11. The summed E-state index contributed by atoms with van der Waals surface area (Å²) in [4.78, 5) is 13.2. The Balaban J connectivity index is 2.63. The molecule has 0 unspecified atom stereocenters. The van der Waals surface area contributed by atoms with Gasteiger partial charge in [-0.15, -0.1) is 0 Å². The van der Waals surface area contributed by atoms with Gasteiger partial charge in [0.25, 0.3) is 0 Å². The molecule has 4 nitrogen and oxygen atoms in total. The third kappa shape index (κ3) is 3.14. The Morgan fingerprint density at radius 2 is 1.84 bits per heavy atom. The van der Waals surface area contributed by atoms with E-state index in [0.29, 0.717) is 17.3 Å². The molecule has 0 aliphatic heterocycles. The summed E-state index contributed by atoms with van der Waals surface area (Å²) < 4.78 is 2.45. The summed E-state index contributed by atoms with van der Waals surface area (Å²) in [5, 5.41) is 0. The summed E-state index contributed by atoms with van der Waals surface area (Å²) in [6.07, 6.45) is 1.71. The fourth-order valence-electron chi connectivity index (χ4n) is 1.55. The van der Waals surface area contributed by atoms with E-state index in [4.69, 9.17) is 5.73 Å². The topological polar surface area (TPSA) is 64.7 Å². The first-order valence-electron chi connectivity index (χ1n) is 5.54. The molecule has 2 aromatic rings. The Kier molecular flexibility index (Phi) is 4.58. The Bertz CT molecular complexity index is 629. The van der Waals surface area contributed by atoms with E-state index in [-0.39, 0.29) is 5.92 Å². The molecular weight excluding hydrogens is 440 g/mol. The molecule has 0 saturated carbocycles. The van der Waals surface area contributed by atoms with Gasteiger partial charge in [0.15, 0.2) is 5.82 Å². The predicted molar refractivity (Wildman–Crippen MR) is 86.9 cm³/mol. The number of aromatic nitrogens is 3. The minimum Gasteiger partial charge on any atom is -0.383 e. The van der Waals surface area contributed by atoms with Crippen LogP contribution in [0.15, 0.2) is 25.7 Å². The van der Waals surface area contributed by atoms with Gasteiger partial charge in [-0.1, -0.05) is 13.8 Å². The van der Waals surface area contributed by atoms with Crippen LogP contribution in [-0.4, -0.2) is 15.0 Å². The van der Waals surface area contributed by atoms with Crippen molar-refractivity contribution in [3.05, 3.63) is 31.4 Å². The van der Waals surface area contributed by atoms with Gasteiger partial charge in [-0.2, -0.15) is 0 Å². The van der Waals surface area contributed by atoms with E-state index in [2.05, 4.69) is 76.6 Å². The lowest BCUT2D eigenvalue weighted by molar-refractivity contribution is 0.810. The van der Waals surface area contributed by atoms with Gasteiger partial charge < -0.3 is 5.73 Å². The molecule has 2 rings (SSSR count). The number of nitrogens with two attached hydrogens (primary N) is 1. The smallest absolute Gasteiger partial charge is 0.181 e. The van der Waals surface area contributed by atoms with Gasteiger partial charge in [-0.25, -0.2) is 9.97 Å². The van der Waals surface area contributed by atoms with E-state index in [0.717, 1.165) is 19.1 Å². The van der Waals surface area contributed by atoms with Crippen LogP contribution in [0.2, 0.25) is 0 Å². The predicted octanol–water partition coefficient (Wildman–Crippen LogP) is 4.53. The minimum atomic E-state index is 0.243. The average Bonchev–Trinajstić information content (AvgIpc) is 2.32. The van der Waals surface area contributed by atoms with Crippen molar-refractivity contribution < 1.29 is 0 Å². The van der Waals surface area contributed by atoms with Crippen molar-refractivity contribution in [3.8, 4) is 11.5 Å². The first-order chi connectivity index (χ1) is 8.90. The molecule has 0 saturated heterocycles. The summed E-state index contributed by atoms with van der Waals surface area (Å²) >= 11 is 10.3. The van der Waals surface area contributed by atoms with E-state index < -0.39 is 0 Å². The molecule has 0 aromatic carbocycles. The van der Waals surface area contributed by atoms with Crippen LogP contribution >= 0.6 is 47.8 Å². The molecular formula is C12H11Br3N4. The molecule has 0 atom stereocenters. The maximum absolute atomic E-state index is 5.93. The first-order valence-corrected chi connectivity index (χ1v) is 7.92. The second-order valence-electron chi connectivity index (χ2n) is 4.27. The van der Waals surface area contributed by atoms with E-state index in [1.807, 2.05) is 6.07 Å². The van der Waals surface area contributed by atoms with Crippen molar-refractivity contribution in [1.29, 1.82) is 0 Å². The van der Waals surface area contributed by atoms with Crippen LogP contribution < -0.4 is 5.73 Å². The highest BCUT2D eigenvalue weighted by atomic mass is 79.9. The lowest BCUT2D eigenvalue weighted by atomic mass is 10.1. The Morgan fingerprint density at radius 1 is 1.16 bits per heavy atom. The molecule has 7 heteroatoms. The maximum atomic E-state index is 5.93. The number of pyridine rings is 1. The highest BCUT2D eigenvalue weighted by molar-refractivity contribution is 9.11. The average molecular weight is 451 g/mol. The lowest BCUT2D eigenvalue weighted by Gasteiger charge is -2.11. The lowest BCUT2D eigenvalue weighted by Crippen LogP contribution is -2.05. The summed E-state index contributed by atoms with van der Waals surface area (Å²) in [7, 11) is 0. The molecule has 2 heterocycles. The normalized spacial score (nSPS) is 11.1. The van der Waals surface area contributed by atoms with Crippen molar-refractivity contribution in [3.63, 3.8) is 0 Å². The van der Waals surface area contributed by atoms with E-state index in [1.165, 1.54) is 0 Å². The number of hydrogen-bond acceptors (Lipinski definition) is 4. The van der Waals surface area contributed by atoms with Crippen LogP contribution in [0, 0.1) is 0 Å². The number of nitrogens with zero attached hydrogens (tertiary/aromatic N) is 3. The number of nitrogen functional groups attached to an aromatic ring is 1. The SMILES string of the molecule is CC(C)c1nc(-c2ncc(Br)cc2Br)nc(N)c1Br. The van der Waals surface area contributed by atoms with Gasteiger partial charge in [0.2, 0.25) is 0 Å². The molecule has 0 amide bonds. The molecule has 0 aliphatic rings.